The van der Waals surface area contributed by atoms with Gasteiger partial charge in [0.25, 0.3) is 0 Å². The van der Waals surface area contributed by atoms with Gasteiger partial charge in [0.1, 0.15) is 6.10 Å². The molecule has 0 spiro atoms. The van der Waals surface area contributed by atoms with Crippen molar-refractivity contribution in [1.82, 2.24) is 0 Å². The molecule has 0 rings (SSSR count). The first-order valence-electron chi connectivity index (χ1n) is 10.5. The average Bonchev–Trinajstić information content (AvgIpc) is 2.63. The Morgan fingerprint density at radius 3 is 1.88 bits per heavy atom. The van der Waals surface area contributed by atoms with Crippen molar-refractivity contribution < 1.29 is 19.4 Å². The van der Waals surface area contributed by atoms with Crippen molar-refractivity contribution in [1.29, 1.82) is 0 Å². The summed E-state index contributed by atoms with van der Waals surface area (Å²) in [5.74, 6) is -1.60. The van der Waals surface area contributed by atoms with Gasteiger partial charge in [0.15, 0.2) is 5.78 Å². The first-order valence-corrected chi connectivity index (χ1v) is 10.5. The fourth-order valence-corrected chi connectivity index (χ4v) is 3.10. The minimum atomic E-state index is -1.24. The van der Waals surface area contributed by atoms with Crippen LogP contribution in [0.1, 0.15) is 97.3 Å². The second-order valence-corrected chi connectivity index (χ2v) is 7.20. The summed E-state index contributed by atoms with van der Waals surface area (Å²) < 4.78 is 4.69. The number of esters is 1. The molecule has 0 heterocycles. The van der Waals surface area contributed by atoms with Crippen LogP contribution in [0, 0.1) is 5.92 Å². The third kappa shape index (κ3) is 13.1. The molecule has 4 nitrogen and oxygen atoms in total. The summed E-state index contributed by atoms with van der Waals surface area (Å²) in [6.07, 6.45) is 18.3. The largest absolute Gasteiger partial charge is 0.469 e. The highest BCUT2D eigenvalue weighted by Crippen LogP contribution is 2.18. The highest BCUT2D eigenvalue weighted by atomic mass is 16.5. The van der Waals surface area contributed by atoms with Crippen LogP contribution < -0.4 is 0 Å². The van der Waals surface area contributed by atoms with Gasteiger partial charge in [0.2, 0.25) is 0 Å². The Morgan fingerprint density at radius 2 is 1.38 bits per heavy atom. The van der Waals surface area contributed by atoms with Gasteiger partial charge in [-0.25, -0.2) is 0 Å². The maximum atomic E-state index is 11.7. The van der Waals surface area contributed by atoms with E-state index in [9.17, 15) is 14.7 Å². The number of ketones is 1. The zero-order valence-corrected chi connectivity index (χ0v) is 17.2. The standard InChI is InChI=1S/C22H40O4/c1-4-5-6-7-8-9-10-11-12-13-14-15-16-17-18-20(22(25)26-3)21(24)19(2)23/h11-12,20-21,24H,4-10,13-18H2,1-3H3. The third-order valence-electron chi connectivity index (χ3n) is 4.83. The number of Topliss-reactive ketones (excluding diaryl/α,β-unsaturated/α-hetero) is 1. The molecule has 0 aliphatic rings. The molecule has 0 saturated heterocycles. The van der Waals surface area contributed by atoms with Crippen LogP contribution in [0.4, 0.5) is 0 Å². The van der Waals surface area contributed by atoms with Gasteiger partial charge in [-0.15, -0.1) is 0 Å². The molecular formula is C22H40O4. The van der Waals surface area contributed by atoms with Crippen molar-refractivity contribution in [3.63, 3.8) is 0 Å². The second-order valence-electron chi connectivity index (χ2n) is 7.20. The molecule has 1 N–H and O–H groups in total. The minimum absolute atomic E-state index is 0.379. The zero-order chi connectivity index (χ0) is 19.6. The number of unbranched alkanes of at least 4 members (excludes halogenated alkanes) is 10. The van der Waals surface area contributed by atoms with Crippen molar-refractivity contribution in [2.75, 3.05) is 7.11 Å². The summed E-state index contributed by atoms with van der Waals surface area (Å²) in [4.78, 5) is 23.0. The van der Waals surface area contributed by atoms with Crippen LogP contribution >= 0.6 is 0 Å². The number of rotatable bonds is 17. The fraction of sp³-hybridized carbons (Fsp3) is 0.818. The van der Waals surface area contributed by atoms with E-state index in [1.807, 2.05) is 0 Å². The van der Waals surface area contributed by atoms with E-state index < -0.39 is 18.0 Å². The molecule has 0 aliphatic heterocycles. The average molecular weight is 369 g/mol. The molecule has 26 heavy (non-hydrogen) atoms. The molecule has 0 amide bonds. The summed E-state index contributed by atoms with van der Waals surface area (Å²) in [5.41, 5.74) is 0. The van der Waals surface area contributed by atoms with E-state index in [4.69, 9.17) is 4.74 Å². The Balaban J connectivity index is 3.65. The Bertz CT molecular complexity index is 390. The first-order chi connectivity index (χ1) is 12.5. The lowest BCUT2D eigenvalue weighted by Gasteiger charge is -2.18. The number of hydrogen-bond acceptors (Lipinski definition) is 4. The number of allylic oxidation sites excluding steroid dienone is 2. The van der Waals surface area contributed by atoms with Gasteiger partial charge in [0, 0.05) is 0 Å². The summed E-state index contributed by atoms with van der Waals surface area (Å²) in [7, 11) is 1.29. The molecule has 2 atom stereocenters. The number of methoxy groups -OCH3 is 1. The number of ether oxygens (including phenoxy) is 1. The van der Waals surface area contributed by atoms with Crippen LogP contribution in [0.15, 0.2) is 12.2 Å². The zero-order valence-electron chi connectivity index (χ0n) is 17.2. The van der Waals surface area contributed by atoms with Crippen molar-refractivity contribution in [2.24, 2.45) is 5.92 Å². The molecule has 4 heteroatoms. The van der Waals surface area contributed by atoms with Crippen LogP contribution in [0.3, 0.4) is 0 Å². The molecular weight excluding hydrogens is 328 g/mol. The van der Waals surface area contributed by atoms with E-state index in [0.717, 1.165) is 32.1 Å². The highest BCUT2D eigenvalue weighted by molar-refractivity contribution is 5.86. The number of aliphatic hydroxyl groups excluding tert-OH is 1. The van der Waals surface area contributed by atoms with Crippen LogP contribution in [-0.4, -0.2) is 30.1 Å². The van der Waals surface area contributed by atoms with Crippen molar-refractivity contribution in [2.45, 2.75) is 103 Å². The van der Waals surface area contributed by atoms with E-state index in [1.165, 1.54) is 59.0 Å². The lowest BCUT2D eigenvalue weighted by molar-refractivity contribution is -0.153. The van der Waals surface area contributed by atoms with E-state index >= 15 is 0 Å². The van der Waals surface area contributed by atoms with Crippen LogP contribution in [-0.2, 0) is 14.3 Å². The Morgan fingerprint density at radius 1 is 0.885 bits per heavy atom. The Labute approximate surface area is 160 Å². The van der Waals surface area contributed by atoms with Crippen LogP contribution in [0.2, 0.25) is 0 Å². The first kappa shape index (κ1) is 24.8. The number of aliphatic hydroxyl groups is 1. The summed E-state index contributed by atoms with van der Waals surface area (Å²) >= 11 is 0. The van der Waals surface area contributed by atoms with E-state index in [-0.39, 0.29) is 5.78 Å². The van der Waals surface area contributed by atoms with Gasteiger partial charge in [-0.05, 0) is 39.0 Å². The summed E-state index contributed by atoms with van der Waals surface area (Å²) in [6, 6.07) is 0. The SMILES string of the molecule is CCCCCCCCC=CCCCCCCC(C(=O)OC)C(O)C(C)=O. The summed E-state index contributed by atoms with van der Waals surface area (Å²) in [5, 5.41) is 9.83. The van der Waals surface area contributed by atoms with E-state index in [2.05, 4.69) is 19.1 Å². The molecule has 0 bridgehead atoms. The van der Waals surface area contributed by atoms with Gasteiger partial charge in [-0.2, -0.15) is 0 Å². The molecule has 152 valence electrons. The molecule has 0 radical (unpaired) electrons. The maximum absolute atomic E-state index is 11.7. The fourth-order valence-electron chi connectivity index (χ4n) is 3.10. The number of carbonyl (C=O) groups excluding carboxylic acids is 2. The number of hydrogen-bond donors (Lipinski definition) is 1. The van der Waals surface area contributed by atoms with Crippen molar-refractivity contribution in [3.8, 4) is 0 Å². The molecule has 0 aromatic carbocycles. The van der Waals surface area contributed by atoms with Gasteiger partial charge >= 0.3 is 5.97 Å². The smallest absolute Gasteiger partial charge is 0.311 e. The predicted octanol–water partition coefficient (Wildman–Crippen LogP) is 5.37. The quantitative estimate of drug-likeness (QED) is 0.213. The van der Waals surface area contributed by atoms with Crippen molar-refractivity contribution >= 4 is 11.8 Å². The summed E-state index contributed by atoms with van der Waals surface area (Å²) in [6.45, 7) is 3.55. The molecule has 0 fully saturated rings. The van der Waals surface area contributed by atoms with E-state index in [0.29, 0.717) is 6.42 Å². The third-order valence-corrected chi connectivity index (χ3v) is 4.83. The predicted molar refractivity (Wildman–Crippen MR) is 107 cm³/mol. The monoisotopic (exact) mass is 368 g/mol. The van der Waals surface area contributed by atoms with Crippen LogP contribution in [0.5, 0.6) is 0 Å². The van der Waals surface area contributed by atoms with Gasteiger partial charge < -0.3 is 9.84 Å². The van der Waals surface area contributed by atoms with E-state index in [1.54, 1.807) is 0 Å². The van der Waals surface area contributed by atoms with Gasteiger partial charge in [-0.1, -0.05) is 70.4 Å². The molecule has 2 unspecified atom stereocenters. The minimum Gasteiger partial charge on any atom is -0.469 e. The second kappa shape index (κ2) is 17.3. The Kier molecular flexibility index (Phi) is 16.5. The number of carbonyl (C=O) groups is 2. The molecule has 0 aromatic rings. The highest BCUT2D eigenvalue weighted by Gasteiger charge is 2.30. The Hall–Kier alpha value is -1.16. The normalized spacial score (nSPS) is 13.7. The molecule has 0 saturated carbocycles. The lowest BCUT2D eigenvalue weighted by Crippen LogP contribution is -2.34. The molecule has 0 aromatic heterocycles. The topological polar surface area (TPSA) is 63.6 Å². The van der Waals surface area contributed by atoms with Gasteiger partial charge in [0.05, 0.1) is 13.0 Å². The van der Waals surface area contributed by atoms with Crippen molar-refractivity contribution in [3.05, 3.63) is 12.2 Å². The maximum Gasteiger partial charge on any atom is 0.311 e. The van der Waals surface area contributed by atoms with Crippen LogP contribution in [0.25, 0.3) is 0 Å². The lowest BCUT2D eigenvalue weighted by atomic mass is 9.93. The molecule has 0 aliphatic carbocycles. The van der Waals surface area contributed by atoms with Gasteiger partial charge in [-0.3, -0.25) is 9.59 Å².